The maximum absolute atomic E-state index is 12.7. The van der Waals surface area contributed by atoms with E-state index in [0.29, 0.717) is 10.7 Å². The summed E-state index contributed by atoms with van der Waals surface area (Å²) in [6, 6.07) is 4.19. The molecular weight excluding hydrogens is 408 g/mol. The van der Waals surface area contributed by atoms with Gasteiger partial charge in [-0.3, -0.25) is 19.3 Å². The molecule has 0 unspecified atom stereocenters. The third-order valence-electron chi connectivity index (χ3n) is 5.46. The fraction of sp³-hybridized carbons (Fsp3) is 0.389. The number of carbonyl (C=O) groups excluding carboxylic acids is 3. The Kier molecular flexibility index (Phi) is 4.00. The van der Waals surface area contributed by atoms with Crippen molar-refractivity contribution in [1.82, 2.24) is 4.90 Å². The summed E-state index contributed by atoms with van der Waals surface area (Å²) >= 11 is 9.32. The lowest BCUT2D eigenvalue weighted by Crippen LogP contribution is -2.46. The van der Waals surface area contributed by atoms with Gasteiger partial charge in [-0.25, -0.2) is 0 Å². The van der Waals surface area contributed by atoms with Crippen molar-refractivity contribution in [2.24, 2.45) is 23.7 Å². The lowest BCUT2D eigenvalue weighted by atomic mass is 9.85. The van der Waals surface area contributed by atoms with Gasteiger partial charge in [0, 0.05) is 10.2 Å². The van der Waals surface area contributed by atoms with Gasteiger partial charge in [0.05, 0.1) is 16.9 Å². The molecule has 1 aliphatic heterocycles. The van der Waals surface area contributed by atoms with Crippen LogP contribution in [-0.4, -0.2) is 28.7 Å². The summed E-state index contributed by atoms with van der Waals surface area (Å²) < 4.78 is 0.723. The molecule has 2 bridgehead atoms. The van der Waals surface area contributed by atoms with E-state index in [1.54, 1.807) is 25.1 Å². The maximum Gasteiger partial charge on any atom is 0.247 e. The molecule has 2 aliphatic carbocycles. The van der Waals surface area contributed by atoms with Crippen LogP contribution in [0.2, 0.25) is 5.02 Å². The van der Waals surface area contributed by atoms with Gasteiger partial charge < -0.3 is 5.32 Å². The number of likely N-dealkylation sites (tertiary alicyclic amines) is 1. The van der Waals surface area contributed by atoms with E-state index >= 15 is 0 Å². The SMILES string of the molecule is C[C@H](C(=O)Nc1ccc(Br)c(Cl)c1)N1C(=O)[C@H]2[C@H](C1=O)[C@H]1C=C[C@H]2C1. The molecule has 3 aliphatic rings. The molecule has 5 nitrogen and oxygen atoms in total. The highest BCUT2D eigenvalue weighted by molar-refractivity contribution is 9.10. The minimum Gasteiger partial charge on any atom is -0.324 e. The van der Waals surface area contributed by atoms with Gasteiger partial charge >= 0.3 is 0 Å². The Hall–Kier alpha value is -1.66. The van der Waals surface area contributed by atoms with Crippen LogP contribution in [-0.2, 0) is 14.4 Å². The molecule has 1 saturated carbocycles. The zero-order valence-corrected chi connectivity index (χ0v) is 15.8. The molecule has 0 aromatic heterocycles. The molecule has 1 heterocycles. The van der Waals surface area contributed by atoms with Crippen molar-refractivity contribution in [2.45, 2.75) is 19.4 Å². The van der Waals surface area contributed by atoms with Crippen molar-refractivity contribution >= 4 is 50.9 Å². The third kappa shape index (κ3) is 2.54. The van der Waals surface area contributed by atoms with Crippen LogP contribution in [0.5, 0.6) is 0 Å². The molecule has 0 radical (unpaired) electrons. The van der Waals surface area contributed by atoms with E-state index in [4.69, 9.17) is 11.6 Å². The summed E-state index contributed by atoms with van der Waals surface area (Å²) in [5.74, 6) is -1.15. The first-order valence-corrected chi connectivity index (χ1v) is 9.36. The Morgan fingerprint density at radius 1 is 1.24 bits per heavy atom. The van der Waals surface area contributed by atoms with E-state index in [9.17, 15) is 14.4 Å². The topological polar surface area (TPSA) is 66.5 Å². The monoisotopic (exact) mass is 422 g/mol. The fourth-order valence-corrected chi connectivity index (χ4v) is 4.67. The molecule has 1 aromatic carbocycles. The number of benzene rings is 1. The zero-order valence-electron chi connectivity index (χ0n) is 13.4. The lowest BCUT2D eigenvalue weighted by molar-refractivity contribution is -0.146. The molecular formula is C18H16BrClN2O3. The predicted octanol–water partition coefficient (Wildman–Crippen LogP) is 3.24. The lowest BCUT2D eigenvalue weighted by Gasteiger charge is -2.23. The third-order valence-corrected chi connectivity index (χ3v) is 6.69. The second kappa shape index (κ2) is 5.95. The average Bonchev–Trinajstić information content (AvgIpc) is 3.24. The van der Waals surface area contributed by atoms with Crippen LogP contribution in [0, 0.1) is 23.7 Å². The highest BCUT2D eigenvalue weighted by Gasteiger charge is 2.60. The van der Waals surface area contributed by atoms with E-state index < -0.39 is 11.9 Å². The van der Waals surface area contributed by atoms with Crippen molar-refractivity contribution < 1.29 is 14.4 Å². The quantitative estimate of drug-likeness (QED) is 0.599. The van der Waals surface area contributed by atoms with E-state index in [1.165, 1.54) is 0 Å². The largest absolute Gasteiger partial charge is 0.324 e. The summed E-state index contributed by atoms with van der Waals surface area (Å²) in [6.45, 7) is 1.59. The molecule has 1 aromatic rings. The molecule has 130 valence electrons. The molecule has 25 heavy (non-hydrogen) atoms. The number of anilines is 1. The number of amides is 3. The normalized spacial score (nSPS) is 30.8. The number of carbonyl (C=O) groups is 3. The summed E-state index contributed by atoms with van der Waals surface area (Å²) in [7, 11) is 0. The van der Waals surface area contributed by atoms with Gasteiger partial charge in [0.25, 0.3) is 0 Å². The summed E-state index contributed by atoms with van der Waals surface area (Å²) in [5, 5.41) is 3.19. The Bertz CT molecular complexity index is 795. The molecule has 1 saturated heterocycles. The van der Waals surface area contributed by atoms with E-state index in [-0.39, 0.29) is 35.5 Å². The van der Waals surface area contributed by atoms with Crippen LogP contribution in [0.15, 0.2) is 34.8 Å². The number of nitrogens with zero attached hydrogens (tertiary/aromatic N) is 1. The Balaban J connectivity index is 1.52. The van der Waals surface area contributed by atoms with E-state index in [2.05, 4.69) is 21.2 Å². The molecule has 3 amide bonds. The van der Waals surface area contributed by atoms with Gasteiger partial charge in [0.15, 0.2) is 0 Å². The number of hydrogen-bond donors (Lipinski definition) is 1. The Labute approximate surface area is 158 Å². The second-order valence-corrected chi connectivity index (χ2v) is 8.10. The summed E-state index contributed by atoms with van der Waals surface area (Å²) in [5.41, 5.74) is 0.520. The van der Waals surface area contributed by atoms with Crippen molar-refractivity contribution in [3.05, 3.63) is 39.8 Å². The number of allylic oxidation sites excluding steroid dienone is 2. The van der Waals surface area contributed by atoms with Gasteiger partial charge in [0.1, 0.15) is 6.04 Å². The minimum absolute atomic E-state index is 0.136. The first-order valence-electron chi connectivity index (χ1n) is 8.19. The van der Waals surface area contributed by atoms with E-state index in [1.807, 2.05) is 12.2 Å². The highest BCUT2D eigenvalue weighted by atomic mass is 79.9. The predicted molar refractivity (Wildman–Crippen MR) is 96.8 cm³/mol. The average molecular weight is 424 g/mol. The molecule has 7 heteroatoms. The number of rotatable bonds is 3. The zero-order chi connectivity index (χ0) is 17.9. The standard InChI is InChI=1S/C18H16BrClN2O3/c1-8(16(23)21-11-4-5-12(19)13(20)7-11)22-17(24)14-9-2-3-10(6-9)15(14)18(22)25/h2-5,7-10,14-15H,6H2,1H3,(H,21,23)/t8-,9+,10+,14-,15-/m1/s1. The minimum atomic E-state index is -0.854. The van der Waals surface area contributed by atoms with Crippen molar-refractivity contribution in [1.29, 1.82) is 0 Å². The molecule has 4 rings (SSSR count). The van der Waals surface area contributed by atoms with Crippen LogP contribution in [0.4, 0.5) is 5.69 Å². The van der Waals surface area contributed by atoms with Crippen LogP contribution in [0.25, 0.3) is 0 Å². The number of halogens is 2. The van der Waals surface area contributed by atoms with Crippen LogP contribution in [0.1, 0.15) is 13.3 Å². The Morgan fingerprint density at radius 3 is 2.40 bits per heavy atom. The van der Waals surface area contributed by atoms with E-state index in [0.717, 1.165) is 15.8 Å². The number of fused-ring (bicyclic) bond motifs is 5. The molecule has 5 atom stereocenters. The van der Waals surface area contributed by atoms with Crippen molar-refractivity contribution in [2.75, 3.05) is 5.32 Å². The first-order chi connectivity index (χ1) is 11.9. The molecule has 1 N–H and O–H groups in total. The number of imide groups is 1. The van der Waals surface area contributed by atoms with Crippen LogP contribution < -0.4 is 5.32 Å². The smallest absolute Gasteiger partial charge is 0.247 e. The van der Waals surface area contributed by atoms with Crippen LogP contribution in [0.3, 0.4) is 0 Å². The maximum atomic E-state index is 12.7. The van der Waals surface area contributed by atoms with Crippen LogP contribution >= 0.6 is 27.5 Å². The number of nitrogens with one attached hydrogen (secondary N) is 1. The van der Waals surface area contributed by atoms with Gasteiger partial charge in [-0.05, 0) is 59.3 Å². The van der Waals surface area contributed by atoms with Crippen molar-refractivity contribution in [3.8, 4) is 0 Å². The van der Waals surface area contributed by atoms with Gasteiger partial charge in [-0.2, -0.15) is 0 Å². The Morgan fingerprint density at radius 2 is 1.84 bits per heavy atom. The van der Waals surface area contributed by atoms with Crippen molar-refractivity contribution in [3.63, 3.8) is 0 Å². The summed E-state index contributed by atoms with van der Waals surface area (Å²) in [4.78, 5) is 39.2. The second-order valence-electron chi connectivity index (χ2n) is 6.84. The highest BCUT2D eigenvalue weighted by Crippen LogP contribution is 2.52. The summed E-state index contributed by atoms with van der Waals surface area (Å²) in [6.07, 6.45) is 4.95. The van der Waals surface area contributed by atoms with Gasteiger partial charge in [-0.1, -0.05) is 23.8 Å². The fourth-order valence-electron chi connectivity index (χ4n) is 4.24. The molecule has 0 spiro atoms. The van der Waals surface area contributed by atoms with Gasteiger partial charge in [-0.15, -0.1) is 0 Å². The van der Waals surface area contributed by atoms with Gasteiger partial charge in [0.2, 0.25) is 17.7 Å². The molecule has 2 fully saturated rings. The number of hydrogen-bond acceptors (Lipinski definition) is 3. The first kappa shape index (κ1) is 16.8.